The van der Waals surface area contributed by atoms with E-state index < -0.39 is 5.41 Å². The molecule has 0 aliphatic heterocycles. The quantitative estimate of drug-likeness (QED) is 0.841. The number of thiophene rings is 1. The fourth-order valence-corrected chi connectivity index (χ4v) is 4.13. The lowest BCUT2D eigenvalue weighted by molar-refractivity contribution is -0.122. The normalized spacial score (nSPS) is 13.3. The molecule has 2 heterocycles. The predicted molar refractivity (Wildman–Crippen MR) is 108 cm³/mol. The van der Waals surface area contributed by atoms with Crippen LogP contribution in [-0.2, 0) is 16.1 Å². The highest BCUT2D eigenvalue weighted by atomic mass is 32.1. The van der Waals surface area contributed by atoms with Gasteiger partial charge >= 0.3 is 0 Å². The van der Waals surface area contributed by atoms with Crippen LogP contribution in [0.2, 0.25) is 0 Å². The number of amides is 1. The summed E-state index contributed by atoms with van der Waals surface area (Å²) < 4.78 is 2.41. The zero-order valence-electron chi connectivity index (χ0n) is 15.7. The van der Waals surface area contributed by atoms with Crippen LogP contribution < -0.4 is 20.1 Å². The molecule has 0 spiro atoms. The topological polar surface area (TPSA) is 68.2 Å². The van der Waals surface area contributed by atoms with Gasteiger partial charge in [-0.25, -0.2) is 0 Å². The van der Waals surface area contributed by atoms with Crippen molar-refractivity contribution in [2.45, 2.75) is 41.2 Å². The molecule has 5 nitrogen and oxygen atoms in total. The molecule has 26 heavy (non-hydrogen) atoms. The molecular formula is C19H24N2O3S2. The minimum absolute atomic E-state index is 0.0812. The van der Waals surface area contributed by atoms with Crippen LogP contribution in [0.15, 0.2) is 16.2 Å². The molecule has 0 aromatic carbocycles. The molecule has 2 aromatic rings. The van der Waals surface area contributed by atoms with Gasteiger partial charge in [-0.3, -0.25) is 19.0 Å². The Kier molecular flexibility index (Phi) is 6.36. The van der Waals surface area contributed by atoms with Gasteiger partial charge in [-0.05, 0) is 36.9 Å². The van der Waals surface area contributed by atoms with E-state index in [4.69, 9.17) is 0 Å². The number of thiazole rings is 1. The van der Waals surface area contributed by atoms with Crippen molar-refractivity contribution in [1.82, 2.24) is 9.88 Å². The zero-order chi connectivity index (χ0) is 19.5. The number of rotatable bonds is 5. The highest BCUT2D eigenvalue weighted by molar-refractivity contribution is 7.11. The number of hydrogen-bond acceptors (Lipinski definition) is 5. The number of carbonyl (C=O) groups is 2. The van der Waals surface area contributed by atoms with Gasteiger partial charge in [0.25, 0.3) is 5.56 Å². The zero-order valence-corrected chi connectivity index (χ0v) is 17.3. The van der Waals surface area contributed by atoms with Gasteiger partial charge in [0, 0.05) is 22.9 Å². The molecule has 0 radical (unpaired) electrons. The van der Waals surface area contributed by atoms with E-state index in [1.165, 1.54) is 22.0 Å². The average Bonchev–Trinajstić information content (AvgIpc) is 3.06. The Hall–Kier alpha value is -1.99. The molecule has 1 amide bonds. The molecule has 2 rings (SSSR count). The first-order valence-corrected chi connectivity index (χ1v) is 10.1. The minimum atomic E-state index is -0.551. The van der Waals surface area contributed by atoms with E-state index in [2.05, 4.69) is 5.32 Å². The van der Waals surface area contributed by atoms with E-state index in [0.29, 0.717) is 15.7 Å². The van der Waals surface area contributed by atoms with Gasteiger partial charge in [-0.1, -0.05) is 20.8 Å². The highest BCUT2D eigenvalue weighted by Crippen LogP contribution is 2.16. The standard InChI is InChI=1S/C19H24N2O3S2/c1-6-20-16(23)11-21-17(10-15(22)19(3,4)5)26-14(18(21)24)9-13-12(2)7-8-25-13/h7-10H,6,11H2,1-5H3,(H,20,23). The second-order valence-corrected chi connectivity index (χ2v) is 9.03. The number of hydrogen-bond donors (Lipinski definition) is 1. The smallest absolute Gasteiger partial charge is 0.269 e. The highest BCUT2D eigenvalue weighted by Gasteiger charge is 2.20. The van der Waals surface area contributed by atoms with Crippen LogP contribution >= 0.6 is 22.7 Å². The van der Waals surface area contributed by atoms with Crippen molar-refractivity contribution in [2.24, 2.45) is 5.41 Å². The van der Waals surface area contributed by atoms with Gasteiger partial charge < -0.3 is 5.32 Å². The summed E-state index contributed by atoms with van der Waals surface area (Å²) in [7, 11) is 0. The van der Waals surface area contributed by atoms with Crippen molar-refractivity contribution in [3.05, 3.63) is 41.4 Å². The maximum absolute atomic E-state index is 12.8. The fraction of sp³-hybridized carbons (Fsp3) is 0.421. The molecule has 0 unspecified atom stereocenters. The molecule has 0 atom stereocenters. The lowest BCUT2D eigenvalue weighted by Crippen LogP contribution is -2.38. The lowest BCUT2D eigenvalue weighted by atomic mass is 9.91. The summed E-state index contributed by atoms with van der Waals surface area (Å²) >= 11 is 2.80. The molecule has 1 N–H and O–H groups in total. The van der Waals surface area contributed by atoms with Crippen molar-refractivity contribution < 1.29 is 9.59 Å². The van der Waals surface area contributed by atoms with E-state index in [1.807, 2.05) is 52.1 Å². The third-order valence-electron chi connectivity index (χ3n) is 3.77. The van der Waals surface area contributed by atoms with Crippen LogP contribution in [0.1, 0.15) is 38.1 Å². The van der Waals surface area contributed by atoms with Crippen molar-refractivity contribution in [1.29, 1.82) is 0 Å². The van der Waals surface area contributed by atoms with Gasteiger partial charge in [-0.2, -0.15) is 0 Å². The molecule has 0 aliphatic carbocycles. The molecule has 140 valence electrons. The maximum atomic E-state index is 12.8. The first kappa shape index (κ1) is 20.3. The number of aromatic nitrogens is 1. The number of carbonyl (C=O) groups excluding carboxylic acids is 2. The van der Waals surface area contributed by atoms with E-state index in [9.17, 15) is 14.4 Å². The largest absolute Gasteiger partial charge is 0.355 e. The second kappa shape index (κ2) is 8.14. The van der Waals surface area contributed by atoms with Crippen molar-refractivity contribution in [2.75, 3.05) is 6.54 Å². The number of nitrogens with zero attached hydrogens (tertiary/aromatic N) is 1. The van der Waals surface area contributed by atoms with E-state index >= 15 is 0 Å². The Balaban J connectivity index is 2.64. The molecule has 0 aliphatic rings. The van der Waals surface area contributed by atoms with Crippen LogP contribution in [0.5, 0.6) is 0 Å². The maximum Gasteiger partial charge on any atom is 0.269 e. The summed E-state index contributed by atoms with van der Waals surface area (Å²) in [6.45, 7) is 9.69. The number of Topliss-reactive ketones (excluding diaryl/α,β-unsaturated/α-hetero) is 1. The Labute approximate surface area is 160 Å². The Morgan fingerprint density at radius 2 is 2.00 bits per heavy atom. The molecule has 0 fully saturated rings. The monoisotopic (exact) mass is 392 g/mol. The van der Waals surface area contributed by atoms with Crippen molar-refractivity contribution in [3.63, 3.8) is 0 Å². The van der Waals surface area contributed by atoms with Crippen LogP contribution in [-0.4, -0.2) is 22.8 Å². The summed E-state index contributed by atoms with van der Waals surface area (Å²) in [6.07, 6.45) is 3.31. The summed E-state index contributed by atoms with van der Waals surface area (Å²) in [5, 5.41) is 4.67. The summed E-state index contributed by atoms with van der Waals surface area (Å²) in [6, 6.07) is 1.99. The molecule has 0 saturated carbocycles. The van der Waals surface area contributed by atoms with Crippen molar-refractivity contribution in [3.8, 4) is 0 Å². The second-order valence-electron chi connectivity index (χ2n) is 7.02. The Morgan fingerprint density at radius 1 is 1.31 bits per heavy atom. The Morgan fingerprint density at radius 3 is 2.54 bits per heavy atom. The lowest BCUT2D eigenvalue weighted by Gasteiger charge is -2.12. The summed E-state index contributed by atoms with van der Waals surface area (Å²) in [5.41, 5.74) is 0.293. The van der Waals surface area contributed by atoms with Crippen LogP contribution in [0, 0.1) is 12.3 Å². The van der Waals surface area contributed by atoms with Gasteiger partial charge in [0.05, 0.1) is 4.53 Å². The van der Waals surface area contributed by atoms with Crippen LogP contribution in [0.4, 0.5) is 0 Å². The van der Waals surface area contributed by atoms with Crippen LogP contribution in [0.3, 0.4) is 0 Å². The Bertz CT molecular complexity index is 987. The third kappa shape index (κ3) is 4.80. The molecule has 0 bridgehead atoms. The first-order chi connectivity index (χ1) is 12.1. The number of nitrogens with one attached hydrogen (secondary N) is 1. The predicted octanol–water partition coefficient (Wildman–Crippen LogP) is 1.64. The molecular weight excluding hydrogens is 368 g/mol. The fourth-order valence-electron chi connectivity index (χ4n) is 2.17. The third-order valence-corrected chi connectivity index (χ3v) is 5.80. The summed E-state index contributed by atoms with van der Waals surface area (Å²) in [5.74, 6) is -0.327. The van der Waals surface area contributed by atoms with E-state index in [-0.39, 0.29) is 23.8 Å². The average molecular weight is 393 g/mol. The molecule has 0 saturated heterocycles. The van der Waals surface area contributed by atoms with Crippen LogP contribution in [0.25, 0.3) is 12.2 Å². The van der Waals surface area contributed by atoms with Crippen molar-refractivity contribution >= 4 is 46.5 Å². The molecule has 7 heteroatoms. The minimum Gasteiger partial charge on any atom is -0.355 e. The SMILES string of the molecule is CCNC(=O)Cn1c(=CC(=O)C(C)(C)C)sc(=Cc2sccc2C)c1=O. The van der Waals surface area contributed by atoms with Gasteiger partial charge in [0.15, 0.2) is 5.78 Å². The number of aryl methyl sites for hydroxylation is 1. The van der Waals surface area contributed by atoms with Gasteiger partial charge in [0.2, 0.25) is 5.91 Å². The summed E-state index contributed by atoms with van der Waals surface area (Å²) in [4.78, 5) is 38.3. The van der Waals surface area contributed by atoms with E-state index in [1.54, 1.807) is 11.3 Å². The first-order valence-electron chi connectivity index (χ1n) is 8.41. The van der Waals surface area contributed by atoms with E-state index in [0.717, 1.165) is 10.4 Å². The number of ketones is 1. The molecule has 2 aromatic heterocycles. The van der Waals surface area contributed by atoms with Gasteiger partial charge in [0.1, 0.15) is 11.2 Å². The number of likely N-dealkylation sites (N-methyl/N-ethyl adjacent to an activating group) is 1. The van der Waals surface area contributed by atoms with Gasteiger partial charge in [-0.15, -0.1) is 22.7 Å².